The van der Waals surface area contributed by atoms with E-state index >= 15 is 0 Å². The minimum absolute atomic E-state index is 0.0297. The van der Waals surface area contributed by atoms with Crippen molar-refractivity contribution in [3.63, 3.8) is 0 Å². The molecule has 2 amide bonds. The molecule has 4 rings (SSSR count). The number of aryl methyl sites for hydroxylation is 1. The van der Waals surface area contributed by atoms with Gasteiger partial charge < -0.3 is 10.2 Å². The summed E-state index contributed by atoms with van der Waals surface area (Å²) in [7, 11) is -4.22. The van der Waals surface area contributed by atoms with Crippen molar-refractivity contribution < 1.29 is 18.0 Å². The summed E-state index contributed by atoms with van der Waals surface area (Å²) in [5.41, 5.74) is 2.45. The second-order valence-corrected chi connectivity index (χ2v) is 15.0. The molecule has 1 N–H and O–H groups in total. The van der Waals surface area contributed by atoms with E-state index in [1.165, 1.54) is 17.0 Å². The number of nitrogens with zero attached hydrogens (tertiary/aromatic N) is 2. The average Bonchev–Trinajstić information content (AvgIpc) is 3.02. The number of hydrogen-bond donors (Lipinski definition) is 1. The molecule has 0 radical (unpaired) electrons. The Kier molecular flexibility index (Phi) is 12.3. The van der Waals surface area contributed by atoms with Crippen molar-refractivity contribution in [2.45, 2.75) is 44.7 Å². The molecule has 46 heavy (non-hydrogen) atoms. The van der Waals surface area contributed by atoms with Crippen molar-refractivity contribution in [1.29, 1.82) is 0 Å². The van der Waals surface area contributed by atoms with Gasteiger partial charge in [0.25, 0.3) is 10.0 Å². The highest BCUT2D eigenvalue weighted by molar-refractivity contribution is 9.10. The van der Waals surface area contributed by atoms with Crippen LogP contribution in [0.2, 0.25) is 10.0 Å². The van der Waals surface area contributed by atoms with E-state index in [-0.39, 0.29) is 35.4 Å². The van der Waals surface area contributed by atoms with Crippen LogP contribution in [0.5, 0.6) is 0 Å². The molecular weight excluding hydrogens is 709 g/mol. The van der Waals surface area contributed by atoms with Crippen LogP contribution in [-0.2, 0) is 32.6 Å². The first-order valence-corrected chi connectivity index (χ1v) is 17.7. The van der Waals surface area contributed by atoms with Crippen LogP contribution in [0.3, 0.4) is 0 Å². The third kappa shape index (κ3) is 9.12. The standard InChI is InChI=1S/C35H36BrCl2N3O4S/c1-24(2)21-39-35(43)33(19-26-9-5-4-6-10-26)40(22-30-31(37)13-8-14-32(30)38)34(42)23-41(28-12-7-11-27(36)20-28)46(44,45)29-17-15-25(3)16-18-29/h4-18,20,24,33H,19,21-23H2,1-3H3,(H,39,43)/t33-/m0/s1. The van der Waals surface area contributed by atoms with Gasteiger partial charge in [0.15, 0.2) is 0 Å². The van der Waals surface area contributed by atoms with Gasteiger partial charge in [0, 0.05) is 39.6 Å². The zero-order valence-electron chi connectivity index (χ0n) is 25.8. The van der Waals surface area contributed by atoms with Crippen LogP contribution in [0.25, 0.3) is 0 Å². The molecule has 0 aromatic heterocycles. The minimum Gasteiger partial charge on any atom is -0.354 e. The van der Waals surface area contributed by atoms with Crippen LogP contribution in [0, 0.1) is 12.8 Å². The smallest absolute Gasteiger partial charge is 0.264 e. The van der Waals surface area contributed by atoms with Crippen molar-refractivity contribution in [1.82, 2.24) is 10.2 Å². The van der Waals surface area contributed by atoms with Gasteiger partial charge in [-0.1, -0.05) is 113 Å². The molecule has 4 aromatic rings. The molecule has 1 atom stereocenters. The molecule has 0 heterocycles. The molecule has 0 saturated carbocycles. The molecule has 0 aliphatic rings. The maximum atomic E-state index is 14.6. The van der Waals surface area contributed by atoms with Crippen molar-refractivity contribution >= 4 is 66.7 Å². The van der Waals surface area contributed by atoms with Gasteiger partial charge in [-0.05, 0) is 60.9 Å². The maximum Gasteiger partial charge on any atom is 0.264 e. The summed E-state index contributed by atoms with van der Waals surface area (Å²) in [5, 5.41) is 3.61. The average molecular weight is 746 g/mol. The van der Waals surface area contributed by atoms with Gasteiger partial charge in [-0.3, -0.25) is 13.9 Å². The topological polar surface area (TPSA) is 86.8 Å². The summed E-state index contributed by atoms with van der Waals surface area (Å²) in [4.78, 5) is 29.9. The first-order valence-electron chi connectivity index (χ1n) is 14.8. The Hall–Kier alpha value is -3.37. The Labute approximate surface area is 289 Å². The van der Waals surface area contributed by atoms with E-state index in [1.807, 2.05) is 51.1 Å². The van der Waals surface area contributed by atoms with Crippen molar-refractivity contribution in [2.75, 3.05) is 17.4 Å². The van der Waals surface area contributed by atoms with E-state index in [4.69, 9.17) is 23.2 Å². The number of benzene rings is 4. The summed E-state index contributed by atoms with van der Waals surface area (Å²) in [5.74, 6) is -0.813. The molecule has 11 heteroatoms. The number of sulfonamides is 1. The van der Waals surface area contributed by atoms with Gasteiger partial charge in [-0.2, -0.15) is 0 Å². The fourth-order valence-corrected chi connectivity index (χ4v) is 7.14. The van der Waals surface area contributed by atoms with Crippen LogP contribution in [-0.4, -0.2) is 44.3 Å². The lowest BCUT2D eigenvalue weighted by molar-refractivity contribution is -0.140. The van der Waals surface area contributed by atoms with E-state index in [9.17, 15) is 18.0 Å². The molecular formula is C35H36BrCl2N3O4S. The van der Waals surface area contributed by atoms with E-state index in [2.05, 4.69) is 21.2 Å². The SMILES string of the molecule is Cc1ccc(S(=O)(=O)N(CC(=O)N(Cc2c(Cl)cccc2Cl)[C@@H](Cc2ccccc2)C(=O)NCC(C)C)c2cccc(Br)c2)cc1. The number of nitrogens with one attached hydrogen (secondary N) is 1. The number of carbonyl (C=O) groups is 2. The summed E-state index contributed by atoms with van der Waals surface area (Å²) in [6.07, 6.45) is 0.181. The highest BCUT2D eigenvalue weighted by Gasteiger charge is 2.35. The normalized spacial score (nSPS) is 12.1. The minimum atomic E-state index is -4.22. The first-order chi connectivity index (χ1) is 21.9. The van der Waals surface area contributed by atoms with E-state index in [1.54, 1.807) is 54.6 Å². The van der Waals surface area contributed by atoms with E-state index in [0.29, 0.717) is 26.6 Å². The Bertz CT molecular complexity index is 1750. The lowest BCUT2D eigenvalue weighted by atomic mass is 10.0. The molecule has 0 fully saturated rings. The lowest BCUT2D eigenvalue weighted by Gasteiger charge is -2.34. The quantitative estimate of drug-likeness (QED) is 0.152. The van der Waals surface area contributed by atoms with Gasteiger partial charge in [-0.15, -0.1) is 0 Å². The molecule has 0 saturated heterocycles. The highest BCUT2D eigenvalue weighted by Crippen LogP contribution is 2.30. The van der Waals surface area contributed by atoms with Gasteiger partial charge >= 0.3 is 0 Å². The van der Waals surface area contributed by atoms with Gasteiger partial charge in [-0.25, -0.2) is 8.42 Å². The largest absolute Gasteiger partial charge is 0.354 e. The maximum absolute atomic E-state index is 14.6. The fraction of sp³-hybridized carbons (Fsp3) is 0.257. The number of anilines is 1. The van der Waals surface area contributed by atoms with Crippen molar-refractivity contribution in [3.8, 4) is 0 Å². The monoisotopic (exact) mass is 743 g/mol. The first kappa shape index (κ1) is 35.5. The van der Waals surface area contributed by atoms with Gasteiger partial charge in [0.05, 0.1) is 10.6 Å². The van der Waals surface area contributed by atoms with Gasteiger partial charge in [0.2, 0.25) is 11.8 Å². The van der Waals surface area contributed by atoms with Crippen LogP contribution < -0.4 is 9.62 Å². The molecule has 0 unspecified atom stereocenters. The third-order valence-corrected chi connectivity index (χ3v) is 10.3. The summed E-state index contributed by atoms with van der Waals surface area (Å²) >= 11 is 16.6. The predicted octanol–water partition coefficient (Wildman–Crippen LogP) is 7.67. The predicted molar refractivity (Wildman–Crippen MR) is 189 cm³/mol. The van der Waals surface area contributed by atoms with Crippen molar-refractivity contribution in [3.05, 3.63) is 128 Å². The Morgan fingerprint density at radius 3 is 2.11 bits per heavy atom. The molecule has 0 aliphatic carbocycles. The van der Waals surface area contributed by atoms with Crippen LogP contribution >= 0.6 is 39.1 Å². The number of carbonyl (C=O) groups excluding carboxylic acids is 2. The fourth-order valence-electron chi connectivity index (χ4n) is 4.83. The molecule has 7 nitrogen and oxygen atoms in total. The zero-order chi connectivity index (χ0) is 33.4. The number of hydrogen-bond acceptors (Lipinski definition) is 4. The van der Waals surface area contributed by atoms with Crippen LogP contribution in [0.4, 0.5) is 5.69 Å². The summed E-state index contributed by atoms with van der Waals surface area (Å²) in [6.45, 7) is 5.50. The number of amides is 2. The third-order valence-electron chi connectivity index (χ3n) is 7.33. The molecule has 242 valence electrons. The van der Waals surface area contributed by atoms with Crippen LogP contribution in [0.1, 0.15) is 30.5 Å². The van der Waals surface area contributed by atoms with E-state index in [0.717, 1.165) is 15.4 Å². The van der Waals surface area contributed by atoms with Crippen LogP contribution in [0.15, 0.2) is 106 Å². The van der Waals surface area contributed by atoms with Gasteiger partial charge in [0.1, 0.15) is 12.6 Å². The Morgan fingerprint density at radius 1 is 0.870 bits per heavy atom. The number of rotatable bonds is 13. The summed E-state index contributed by atoms with van der Waals surface area (Å²) in [6, 6.07) is 26.5. The molecule has 0 spiro atoms. The molecule has 0 bridgehead atoms. The Balaban J connectivity index is 1.83. The molecule has 4 aromatic carbocycles. The van der Waals surface area contributed by atoms with E-state index < -0.39 is 28.5 Å². The summed E-state index contributed by atoms with van der Waals surface area (Å²) < 4.78 is 30.0. The highest BCUT2D eigenvalue weighted by atomic mass is 79.9. The number of halogens is 3. The zero-order valence-corrected chi connectivity index (χ0v) is 29.7. The second kappa shape index (κ2) is 16.0. The Morgan fingerprint density at radius 2 is 1.50 bits per heavy atom. The molecule has 0 aliphatic heterocycles. The second-order valence-electron chi connectivity index (χ2n) is 11.4. The van der Waals surface area contributed by atoms with Crippen molar-refractivity contribution in [2.24, 2.45) is 5.92 Å². The lowest BCUT2D eigenvalue weighted by Crippen LogP contribution is -2.53.